The average molecular weight is 535 g/mol. The van der Waals surface area contributed by atoms with Gasteiger partial charge in [0.1, 0.15) is 11.3 Å². The minimum atomic E-state index is -4.43. The van der Waals surface area contributed by atoms with E-state index >= 15 is 0 Å². The largest absolute Gasteiger partial charge is 0.481 e. The molecular formula is C26H26N6O5S. The van der Waals surface area contributed by atoms with Crippen molar-refractivity contribution in [1.29, 1.82) is 0 Å². The Bertz CT molecular complexity index is 1630. The number of rotatable bonds is 7. The number of amides is 1. The van der Waals surface area contributed by atoms with E-state index < -0.39 is 21.0 Å². The molecule has 4 rings (SSSR count). The summed E-state index contributed by atoms with van der Waals surface area (Å²) in [6.45, 7) is 7.55. The molecule has 3 N–H and O–H groups in total. The molecule has 0 atom stereocenters. The maximum Gasteiger partial charge on any atom is 0.285 e. The average Bonchev–Trinajstić information content (AvgIpc) is 2.85. The van der Waals surface area contributed by atoms with Gasteiger partial charge in [-0.05, 0) is 57.0 Å². The third-order valence-electron chi connectivity index (χ3n) is 5.60. The predicted octanol–water partition coefficient (Wildman–Crippen LogP) is 3.67. The summed E-state index contributed by atoms with van der Waals surface area (Å²) in [5.41, 5.74) is 10.1. The predicted molar refractivity (Wildman–Crippen MR) is 141 cm³/mol. The van der Waals surface area contributed by atoms with Gasteiger partial charge in [-0.1, -0.05) is 17.7 Å². The zero-order chi connectivity index (χ0) is 27.6. The molecular weight excluding hydrogens is 508 g/mol. The highest BCUT2D eigenvalue weighted by Gasteiger charge is 2.26. The Morgan fingerprint density at radius 3 is 2.24 bits per heavy atom. The number of benzene rings is 1. The van der Waals surface area contributed by atoms with Crippen LogP contribution in [0.15, 0.2) is 53.9 Å². The van der Waals surface area contributed by atoms with Crippen LogP contribution in [-0.4, -0.2) is 41.4 Å². The zero-order valence-electron chi connectivity index (χ0n) is 21.4. The molecule has 4 aromatic rings. The van der Waals surface area contributed by atoms with E-state index in [0.29, 0.717) is 22.9 Å². The Morgan fingerprint density at radius 2 is 1.61 bits per heavy atom. The van der Waals surface area contributed by atoms with Gasteiger partial charge in [0.05, 0.1) is 12.8 Å². The number of nitrogen functional groups attached to an aromatic ring is 1. The second-order valence-corrected chi connectivity index (χ2v) is 10.2. The molecule has 1 aromatic carbocycles. The lowest BCUT2D eigenvalue weighted by atomic mass is 10.1. The van der Waals surface area contributed by atoms with Crippen LogP contribution in [0, 0.1) is 27.7 Å². The zero-order valence-corrected chi connectivity index (χ0v) is 22.3. The summed E-state index contributed by atoms with van der Waals surface area (Å²) in [6.07, 6.45) is 3.99. The minimum Gasteiger partial charge on any atom is -0.481 e. The van der Waals surface area contributed by atoms with Crippen molar-refractivity contribution in [2.24, 2.45) is 0 Å². The summed E-state index contributed by atoms with van der Waals surface area (Å²) in [5.74, 6) is -0.438. The summed E-state index contributed by atoms with van der Waals surface area (Å²) < 4.78 is 39.1. The second kappa shape index (κ2) is 10.4. The highest BCUT2D eigenvalue weighted by atomic mass is 32.2. The van der Waals surface area contributed by atoms with Crippen molar-refractivity contribution in [3.63, 3.8) is 0 Å². The molecule has 0 radical (unpaired) electrons. The number of anilines is 1. The highest BCUT2D eigenvalue weighted by molar-refractivity contribution is 7.90. The van der Waals surface area contributed by atoms with Gasteiger partial charge in [-0.25, -0.2) is 24.7 Å². The SMILES string of the molecule is COc1ncc(-c2ccc(C(=O)NS(=O)(=O)c3nccnc3N)c(Oc3c(C)cc(C)cc3C)n2)cc1C. The Balaban J connectivity index is 1.80. The van der Waals surface area contributed by atoms with E-state index in [2.05, 4.69) is 19.9 Å². The fourth-order valence-electron chi connectivity index (χ4n) is 3.96. The molecule has 12 heteroatoms. The summed E-state index contributed by atoms with van der Waals surface area (Å²) in [4.78, 5) is 29.6. The molecule has 0 spiro atoms. The van der Waals surface area contributed by atoms with Gasteiger partial charge in [0.15, 0.2) is 5.82 Å². The van der Waals surface area contributed by atoms with Crippen LogP contribution in [0.1, 0.15) is 32.6 Å². The van der Waals surface area contributed by atoms with Crippen LogP contribution in [0.4, 0.5) is 5.82 Å². The van der Waals surface area contributed by atoms with Crippen LogP contribution < -0.4 is 19.9 Å². The Hall–Kier alpha value is -4.58. The van der Waals surface area contributed by atoms with Gasteiger partial charge in [-0.3, -0.25) is 4.79 Å². The van der Waals surface area contributed by atoms with Crippen molar-refractivity contribution in [2.45, 2.75) is 32.7 Å². The Morgan fingerprint density at radius 1 is 0.921 bits per heavy atom. The van der Waals surface area contributed by atoms with Crippen molar-refractivity contribution in [1.82, 2.24) is 24.7 Å². The van der Waals surface area contributed by atoms with Crippen molar-refractivity contribution in [3.05, 3.63) is 76.7 Å². The normalized spacial score (nSPS) is 11.2. The van der Waals surface area contributed by atoms with Crippen molar-refractivity contribution >= 4 is 21.7 Å². The molecule has 0 aliphatic carbocycles. The second-order valence-electron chi connectivity index (χ2n) is 8.61. The summed E-state index contributed by atoms with van der Waals surface area (Å²) in [5, 5.41) is -0.564. The van der Waals surface area contributed by atoms with Crippen LogP contribution >= 0.6 is 0 Å². The van der Waals surface area contributed by atoms with Crippen molar-refractivity contribution in [3.8, 4) is 28.8 Å². The number of pyridine rings is 2. The van der Waals surface area contributed by atoms with E-state index in [1.807, 2.05) is 50.6 Å². The van der Waals surface area contributed by atoms with Gasteiger partial charge < -0.3 is 15.2 Å². The number of ether oxygens (including phenoxy) is 2. The summed E-state index contributed by atoms with van der Waals surface area (Å²) in [7, 11) is -2.90. The molecule has 0 fully saturated rings. The lowest BCUT2D eigenvalue weighted by Gasteiger charge is -2.16. The molecule has 1 amide bonds. The molecule has 0 aliphatic rings. The quantitative estimate of drug-likeness (QED) is 0.358. The smallest absolute Gasteiger partial charge is 0.285 e. The molecule has 11 nitrogen and oxygen atoms in total. The van der Waals surface area contributed by atoms with Crippen LogP contribution in [0.5, 0.6) is 17.5 Å². The van der Waals surface area contributed by atoms with Gasteiger partial charge in [-0.15, -0.1) is 0 Å². The Labute approximate surface area is 220 Å². The number of nitrogens with two attached hydrogens (primary N) is 1. The molecule has 196 valence electrons. The molecule has 0 saturated heterocycles. The van der Waals surface area contributed by atoms with Gasteiger partial charge in [0, 0.05) is 29.7 Å². The third kappa shape index (κ3) is 5.39. The summed E-state index contributed by atoms with van der Waals surface area (Å²) >= 11 is 0. The van der Waals surface area contributed by atoms with Gasteiger partial charge in [0.2, 0.25) is 16.8 Å². The van der Waals surface area contributed by atoms with E-state index in [4.69, 9.17) is 15.2 Å². The molecule has 0 aliphatic heterocycles. The monoisotopic (exact) mass is 534 g/mol. The molecule has 3 aromatic heterocycles. The lowest BCUT2D eigenvalue weighted by molar-refractivity contribution is 0.0978. The lowest BCUT2D eigenvalue weighted by Crippen LogP contribution is -2.32. The first-order valence-corrected chi connectivity index (χ1v) is 12.9. The number of aryl methyl sites for hydroxylation is 4. The molecule has 3 heterocycles. The van der Waals surface area contributed by atoms with Crippen LogP contribution in [0.3, 0.4) is 0 Å². The van der Waals surface area contributed by atoms with E-state index in [-0.39, 0.29) is 17.3 Å². The standard InChI is InChI=1S/C26H26N6O5S/c1-14-10-15(2)21(16(3)11-14)37-25-19(23(33)32-38(34,35)26-22(27)28-8-9-29-26)6-7-20(31-25)18-12-17(4)24(36-5)30-13-18/h6-13H,1-5H3,(H2,27,28)(H,32,33). The van der Waals surface area contributed by atoms with Crippen LogP contribution in [0.25, 0.3) is 11.3 Å². The fourth-order valence-corrected chi connectivity index (χ4v) is 4.94. The van der Waals surface area contributed by atoms with Crippen LogP contribution in [0.2, 0.25) is 0 Å². The molecule has 38 heavy (non-hydrogen) atoms. The molecule has 0 unspecified atom stereocenters. The van der Waals surface area contributed by atoms with E-state index in [0.717, 1.165) is 28.5 Å². The van der Waals surface area contributed by atoms with E-state index in [1.165, 1.54) is 19.4 Å². The number of methoxy groups -OCH3 is 1. The maximum atomic E-state index is 13.2. The third-order valence-corrected chi connectivity index (χ3v) is 6.88. The number of carbonyl (C=O) groups excluding carboxylic acids is 1. The van der Waals surface area contributed by atoms with Crippen LogP contribution in [-0.2, 0) is 10.0 Å². The van der Waals surface area contributed by atoms with Gasteiger partial charge >= 0.3 is 0 Å². The minimum absolute atomic E-state index is 0.0918. The number of sulfonamides is 1. The van der Waals surface area contributed by atoms with E-state index in [1.54, 1.807) is 12.3 Å². The van der Waals surface area contributed by atoms with Crippen molar-refractivity contribution < 1.29 is 22.7 Å². The number of hydrogen-bond acceptors (Lipinski definition) is 10. The van der Waals surface area contributed by atoms with Gasteiger partial charge in [-0.2, -0.15) is 8.42 Å². The van der Waals surface area contributed by atoms with Gasteiger partial charge in [0.25, 0.3) is 15.9 Å². The topological polar surface area (TPSA) is 159 Å². The number of aromatic nitrogens is 4. The number of nitrogens with one attached hydrogen (secondary N) is 1. The summed E-state index contributed by atoms with van der Waals surface area (Å²) in [6, 6.07) is 8.71. The molecule has 0 bridgehead atoms. The number of carbonyl (C=O) groups is 1. The number of nitrogens with zero attached hydrogens (tertiary/aromatic N) is 4. The highest BCUT2D eigenvalue weighted by Crippen LogP contribution is 2.33. The first kappa shape index (κ1) is 26.5. The first-order chi connectivity index (χ1) is 18.0. The van der Waals surface area contributed by atoms with E-state index in [9.17, 15) is 13.2 Å². The number of hydrogen-bond donors (Lipinski definition) is 2. The molecule has 0 saturated carbocycles. The van der Waals surface area contributed by atoms with Crippen molar-refractivity contribution in [2.75, 3.05) is 12.8 Å². The fraction of sp³-hybridized carbons (Fsp3) is 0.192. The maximum absolute atomic E-state index is 13.2. The first-order valence-electron chi connectivity index (χ1n) is 11.4. The Kier molecular flexibility index (Phi) is 7.26.